The smallest absolute Gasteiger partial charge is 0.0542 e. The fraction of sp³-hybridized carbons (Fsp3) is 0. The van der Waals surface area contributed by atoms with Crippen LogP contribution in [0.4, 0.5) is 17.1 Å². The van der Waals surface area contributed by atoms with Gasteiger partial charge in [-0.25, -0.2) is 0 Å². The molecule has 11 aromatic rings. The van der Waals surface area contributed by atoms with E-state index in [1.54, 1.807) is 0 Å². The molecule has 0 radical (unpaired) electrons. The molecule has 2 aromatic heterocycles. The first-order chi connectivity index (χ1) is 28.7. The van der Waals surface area contributed by atoms with Gasteiger partial charge in [0.15, 0.2) is 0 Å². The second-order valence-corrected chi connectivity index (χ2v) is 15.7. The molecule has 0 amide bonds. The molecule has 0 atom stereocenters. The van der Waals surface area contributed by atoms with Crippen molar-refractivity contribution >= 4 is 76.6 Å². The first kappa shape index (κ1) is 34.1. The minimum absolute atomic E-state index is 1.01. The molecule has 2 heterocycles. The van der Waals surface area contributed by atoms with Crippen LogP contribution in [-0.2, 0) is 0 Å². The number of rotatable bonds is 7. The van der Waals surface area contributed by atoms with E-state index in [0.29, 0.717) is 0 Å². The third-order valence-corrected chi connectivity index (χ3v) is 11.8. The Morgan fingerprint density at radius 1 is 0.293 bits per heavy atom. The van der Waals surface area contributed by atoms with Crippen LogP contribution in [0.3, 0.4) is 0 Å². The van der Waals surface area contributed by atoms with E-state index in [2.05, 4.69) is 248 Å². The van der Waals surface area contributed by atoms with Gasteiger partial charge >= 0.3 is 0 Å². The molecule has 58 heavy (non-hydrogen) atoms. The van der Waals surface area contributed by atoms with Gasteiger partial charge in [0.2, 0.25) is 0 Å². The predicted octanol–water partition coefficient (Wildman–Crippen LogP) is 15.4. The van der Waals surface area contributed by atoms with Crippen molar-refractivity contribution in [2.75, 3.05) is 4.90 Å². The van der Waals surface area contributed by atoms with Gasteiger partial charge in [0.25, 0.3) is 0 Å². The topological polar surface area (TPSA) is 13.1 Å². The van der Waals surface area contributed by atoms with Crippen LogP contribution in [0.2, 0.25) is 0 Å². The molecule has 0 aliphatic rings. The molecule has 0 fully saturated rings. The Kier molecular flexibility index (Phi) is 8.30. The minimum Gasteiger partial charge on any atom is -0.310 e. The maximum absolute atomic E-state index is 3.97. The summed E-state index contributed by atoms with van der Waals surface area (Å²) < 4.78 is 5.85. The van der Waals surface area contributed by atoms with Crippen LogP contribution in [0.15, 0.2) is 223 Å². The van der Waals surface area contributed by atoms with Crippen molar-refractivity contribution in [2.24, 2.45) is 0 Å². The SMILES string of the molecule is Brc1cc(-n2c3ccc(-c4ccccc4)cc3c3cc(-c4ccccc4)ccc32)cc(-n2c3ccccc3c3cc(N(c4ccccc4)c4ccccc4)ccc32)c1. The average molecular weight is 807 g/mol. The van der Waals surface area contributed by atoms with Gasteiger partial charge in [-0.15, -0.1) is 0 Å². The van der Waals surface area contributed by atoms with Crippen LogP contribution in [0.1, 0.15) is 0 Å². The lowest BCUT2D eigenvalue weighted by atomic mass is 10.0. The second-order valence-electron chi connectivity index (χ2n) is 14.8. The molecule has 9 aromatic carbocycles. The first-order valence-electron chi connectivity index (χ1n) is 19.6. The minimum atomic E-state index is 1.01. The second kappa shape index (κ2) is 14.1. The van der Waals surface area contributed by atoms with E-state index >= 15 is 0 Å². The number of halogens is 1. The summed E-state index contributed by atoms with van der Waals surface area (Å²) in [7, 11) is 0. The molecule has 0 unspecified atom stereocenters. The molecule has 274 valence electrons. The summed E-state index contributed by atoms with van der Waals surface area (Å²) in [6, 6.07) is 78.8. The highest BCUT2D eigenvalue weighted by molar-refractivity contribution is 9.10. The van der Waals surface area contributed by atoms with E-state index in [1.165, 1.54) is 43.8 Å². The third kappa shape index (κ3) is 5.80. The summed E-state index contributed by atoms with van der Waals surface area (Å²) in [5, 5.41) is 4.86. The number of benzene rings is 9. The van der Waals surface area contributed by atoms with E-state index < -0.39 is 0 Å². The van der Waals surface area contributed by atoms with Gasteiger partial charge in [-0.2, -0.15) is 0 Å². The Morgan fingerprint density at radius 3 is 1.22 bits per heavy atom. The summed E-state index contributed by atoms with van der Waals surface area (Å²) in [6.07, 6.45) is 0. The molecule has 0 aliphatic carbocycles. The average Bonchev–Trinajstić information content (AvgIpc) is 3.79. The highest BCUT2D eigenvalue weighted by Gasteiger charge is 2.20. The lowest BCUT2D eigenvalue weighted by Gasteiger charge is -2.25. The van der Waals surface area contributed by atoms with Gasteiger partial charge in [0.05, 0.1) is 22.1 Å². The zero-order chi connectivity index (χ0) is 38.6. The van der Waals surface area contributed by atoms with Crippen LogP contribution in [-0.4, -0.2) is 9.13 Å². The first-order valence-corrected chi connectivity index (χ1v) is 20.4. The van der Waals surface area contributed by atoms with Gasteiger partial charge in [-0.3, -0.25) is 0 Å². The van der Waals surface area contributed by atoms with Gasteiger partial charge in [-0.05, 0) is 113 Å². The maximum atomic E-state index is 3.97. The predicted molar refractivity (Wildman–Crippen MR) is 248 cm³/mol. The van der Waals surface area contributed by atoms with Crippen molar-refractivity contribution in [1.82, 2.24) is 9.13 Å². The molecule has 3 nitrogen and oxygen atoms in total. The molecular weight excluding hydrogens is 771 g/mol. The number of nitrogens with zero attached hydrogens (tertiary/aromatic N) is 3. The molecule has 0 aliphatic heterocycles. The van der Waals surface area contributed by atoms with Crippen molar-refractivity contribution in [3.8, 4) is 33.6 Å². The number of hydrogen-bond acceptors (Lipinski definition) is 1. The van der Waals surface area contributed by atoms with Crippen LogP contribution < -0.4 is 4.90 Å². The molecule has 0 bridgehead atoms. The standard InChI is InChI=1S/C54H36BrN3/c55-41-33-45(57-51-24-14-13-23-47(51)50-36-44(27-30-54(50)57)56(42-19-9-3-10-20-42)43-21-11-4-12-22-43)35-46(34-41)58-52-28-25-39(37-15-5-1-6-16-37)31-48(52)49-32-40(26-29-53(49)58)38-17-7-2-8-18-38/h1-36H. The summed E-state index contributed by atoms with van der Waals surface area (Å²) in [6.45, 7) is 0. The van der Waals surface area contributed by atoms with E-state index in [9.17, 15) is 0 Å². The van der Waals surface area contributed by atoms with E-state index in [0.717, 1.165) is 55.0 Å². The van der Waals surface area contributed by atoms with Crippen LogP contribution in [0.25, 0.3) is 77.2 Å². The van der Waals surface area contributed by atoms with Gasteiger partial charge in [-0.1, -0.05) is 143 Å². The number of hydrogen-bond donors (Lipinski definition) is 0. The quantitative estimate of drug-likeness (QED) is 0.156. The lowest BCUT2D eigenvalue weighted by molar-refractivity contribution is 1.13. The van der Waals surface area contributed by atoms with E-state index in [4.69, 9.17) is 0 Å². The van der Waals surface area contributed by atoms with Gasteiger partial charge < -0.3 is 14.0 Å². The number of anilines is 3. The molecule has 0 saturated heterocycles. The Labute approximate surface area is 345 Å². The third-order valence-electron chi connectivity index (χ3n) is 11.3. The van der Waals surface area contributed by atoms with E-state index in [-0.39, 0.29) is 0 Å². The largest absolute Gasteiger partial charge is 0.310 e. The highest BCUT2D eigenvalue weighted by atomic mass is 79.9. The van der Waals surface area contributed by atoms with E-state index in [1.807, 2.05) is 0 Å². The Hall–Kier alpha value is -7.14. The molecule has 0 N–H and O–H groups in total. The van der Waals surface area contributed by atoms with Crippen LogP contribution in [0, 0.1) is 0 Å². The zero-order valence-electron chi connectivity index (χ0n) is 31.5. The molecular formula is C54H36BrN3. The van der Waals surface area contributed by atoms with Crippen LogP contribution in [0.5, 0.6) is 0 Å². The normalized spacial score (nSPS) is 11.5. The Balaban J connectivity index is 1.12. The number of fused-ring (bicyclic) bond motifs is 6. The summed E-state index contributed by atoms with van der Waals surface area (Å²) in [5.41, 5.74) is 15.0. The Morgan fingerprint density at radius 2 is 0.707 bits per heavy atom. The lowest BCUT2D eigenvalue weighted by Crippen LogP contribution is -2.09. The van der Waals surface area contributed by atoms with Gasteiger partial charge in [0.1, 0.15) is 0 Å². The monoisotopic (exact) mass is 805 g/mol. The number of aromatic nitrogens is 2. The Bertz CT molecular complexity index is 3140. The number of para-hydroxylation sites is 3. The molecule has 0 saturated carbocycles. The fourth-order valence-corrected chi connectivity index (χ4v) is 9.19. The molecule has 4 heteroatoms. The van der Waals surface area contributed by atoms with Crippen molar-refractivity contribution in [2.45, 2.75) is 0 Å². The fourth-order valence-electron chi connectivity index (χ4n) is 8.72. The van der Waals surface area contributed by atoms with Crippen molar-refractivity contribution < 1.29 is 0 Å². The summed E-state index contributed by atoms with van der Waals surface area (Å²) in [4.78, 5) is 2.33. The van der Waals surface area contributed by atoms with Crippen molar-refractivity contribution in [1.29, 1.82) is 0 Å². The summed E-state index contributed by atoms with van der Waals surface area (Å²) in [5.74, 6) is 0. The maximum Gasteiger partial charge on any atom is 0.0542 e. The van der Waals surface area contributed by atoms with Gasteiger partial charge in [0, 0.05) is 54.5 Å². The van der Waals surface area contributed by atoms with Crippen molar-refractivity contribution in [3.63, 3.8) is 0 Å². The molecule has 0 spiro atoms. The summed E-state index contributed by atoms with van der Waals surface area (Å²) >= 11 is 3.97. The zero-order valence-corrected chi connectivity index (χ0v) is 33.1. The highest BCUT2D eigenvalue weighted by Crippen LogP contribution is 2.42. The van der Waals surface area contributed by atoms with Crippen molar-refractivity contribution in [3.05, 3.63) is 223 Å². The molecule has 11 rings (SSSR count). The van der Waals surface area contributed by atoms with Crippen LogP contribution >= 0.6 is 15.9 Å².